The Balaban J connectivity index is 2.05. The van der Waals surface area contributed by atoms with Crippen LogP contribution in [0.4, 0.5) is 11.4 Å². The molecule has 1 aromatic carbocycles. The molecule has 6 nitrogen and oxygen atoms in total. The van der Waals surface area contributed by atoms with Crippen LogP contribution in [0.5, 0.6) is 0 Å². The first-order chi connectivity index (χ1) is 10.1. The second-order valence-electron chi connectivity index (χ2n) is 4.55. The lowest BCUT2D eigenvalue weighted by molar-refractivity contribution is -0.116. The van der Waals surface area contributed by atoms with E-state index in [1.54, 1.807) is 30.3 Å². The molecule has 0 fully saturated rings. The number of aryl methyl sites for hydroxylation is 1. The van der Waals surface area contributed by atoms with Crippen LogP contribution < -0.4 is 16.4 Å². The van der Waals surface area contributed by atoms with Crippen LogP contribution in [0.1, 0.15) is 22.5 Å². The number of benzene rings is 1. The molecule has 2 rings (SSSR count). The van der Waals surface area contributed by atoms with Crippen molar-refractivity contribution in [2.24, 2.45) is 5.73 Å². The van der Waals surface area contributed by atoms with Crippen molar-refractivity contribution in [2.45, 2.75) is 13.3 Å². The standard InChI is InChI=1S/C15H17N3O3/c1-10-9-11(17-14(19)6-7-16)4-5-12(10)18-15(20)13-3-2-8-21-13/h2-5,8-9H,6-7,16H2,1H3,(H,17,19)(H,18,20). The minimum Gasteiger partial charge on any atom is -0.459 e. The van der Waals surface area contributed by atoms with E-state index in [2.05, 4.69) is 10.6 Å². The Morgan fingerprint density at radius 2 is 2.05 bits per heavy atom. The predicted octanol–water partition coefficient (Wildman–Crippen LogP) is 2.13. The van der Waals surface area contributed by atoms with Gasteiger partial charge in [-0.05, 0) is 42.8 Å². The number of hydrogen-bond donors (Lipinski definition) is 3. The molecule has 2 amide bonds. The molecule has 4 N–H and O–H groups in total. The molecular formula is C15H17N3O3. The molecular weight excluding hydrogens is 270 g/mol. The van der Waals surface area contributed by atoms with Crippen LogP contribution in [0, 0.1) is 6.92 Å². The summed E-state index contributed by atoms with van der Waals surface area (Å²) < 4.78 is 5.03. The predicted molar refractivity (Wildman–Crippen MR) is 80.1 cm³/mol. The molecule has 2 aromatic rings. The van der Waals surface area contributed by atoms with Crippen molar-refractivity contribution >= 4 is 23.2 Å². The Labute approximate surface area is 122 Å². The lowest BCUT2D eigenvalue weighted by Crippen LogP contribution is -2.16. The molecule has 0 atom stereocenters. The Hall–Kier alpha value is -2.60. The smallest absolute Gasteiger partial charge is 0.291 e. The number of carbonyl (C=O) groups excluding carboxylic acids is 2. The summed E-state index contributed by atoms with van der Waals surface area (Å²) in [7, 11) is 0. The molecule has 0 saturated carbocycles. The van der Waals surface area contributed by atoms with Gasteiger partial charge in [-0.2, -0.15) is 0 Å². The zero-order valence-corrected chi connectivity index (χ0v) is 11.7. The highest BCUT2D eigenvalue weighted by molar-refractivity contribution is 6.02. The van der Waals surface area contributed by atoms with Gasteiger partial charge in [-0.25, -0.2) is 0 Å². The molecule has 21 heavy (non-hydrogen) atoms. The average Bonchev–Trinajstić information content (AvgIpc) is 2.96. The van der Waals surface area contributed by atoms with E-state index in [0.29, 0.717) is 17.9 Å². The average molecular weight is 287 g/mol. The summed E-state index contributed by atoms with van der Waals surface area (Å²) in [5.41, 5.74) is 7.48. The Bertz CT molecular complexity index is 636. The van der Waals surface area contributed by atoms with Gasteiger partial charge in [0.2, 0.25) is 5.91 Å². The summed E-state index contributed by atoms with van der Waals surface area (Å²) in [5, 5.41) is 5.49. The molecule has 0 aliphatic carbocycles. The summed E-state index contributed by atoms with van der Waals surface area (Å²) in [5.74, 6) is -0.206. The monoisotopic (exact) mass is 287 g/mol. The van der Waals surface area contributed by atoms with Crippen LogP contribution in [-0.2, 0) is 4.79 Å². The maximum atomic E-state index is 11.9. The quantitative estimate of drug-likeness (QED) is 0.784. The van der Waals surface area contributed by atoms with Crippen molar-refractivity contribution in [3.8, 4) is 0 Å². The van der Waals surface area contributed by atoms with Crippen molar-refractivity contribution in [1.29, 1.82) is 0 Å². The lowest BCUT2D eigenvalue weighted by atomic mass is 10.1. The maximum absolute atomic E-state index is 11.9. The van der Waals surface area contributed by atoms with E-state index in [-0.39, 0.29) is 24.0 Å². The molecule has 0 saturated heterocycles. The van der Waals surface area contributed by atoms with Gasteiger partial charge in [0, 0.05) is 24.3 Å². The van der Waals surface area contributed by atoms with E-state index in [1.165, 1.54) is 6.26 Å². The first kappa shape index (κ1) is 14.8. The van der Waals surface area contributed by atoms with Crippen LogP contribution in [-0.4, -0.2) is 18.4 Å². The number of amides is 2. The first-order valence-electron chi connectivity index (χ1n) is 6.55. The summed E-state index contributed by atoms with van der Waals surface area (Å²) in [4.78, 5) is 23.4. The van der Waals surface area contributed by atoms with E-state index in [4.69, 9.17) is 10.2 Å². The highest BCUT2D eigenvalue weighted by Crippen LogP contribution is 2.20. The largest absolute Gasteiger partial charge is 0.459 e. The second kappa shape index (κ2) is 6.71. The molecule has 0 spiro atoms. The van der Waals surface area contributed by atoms with Crippen LogP contribution in [0.15, 0.2) is 41.0 Å². The van der Waals surface area contributed by atoms with Crippen molar-refractivity contribution in [2.75, 3.05) is 17.2 Å². The zero-order chi connectivity index (χ0) is 15.2. The van der Waals surface area contributed by atoms with E-state index in [9.17, 15) is 9.59 Å². The summed E-state index contributed by atoms with van der Waals surface area (Å²) in [6, 6.07) is 8.48. The molecule has 1 aromatic heterocycles. The normalized spacial score (nSPS) is 10.2. The fraction of sp³-hybridized carbons (Fsp3) is 0.200. The van der Waals surface area contributed by atoms with E-state index in [0.717, 1.165) is 5.56 Å². The summed E-state index contributed by atoms with van der Waals surface area (Å²) >= 11 is 0. The topological polar surface area (TPSA) is 97.4 Å². The van der Waals surface area contributed by atoms with Crippen LogP contribution in [0.25, 0.3) is 0 Å². The van der Waals surface area contributed by atoms with Crippen LogP contribution in [0.2, 0.25) is 0 Å². The highest BCUT2D eigenvalue weighted by atomic mass is 16.3. The number of carbonyl (C=O) groups is 2. The van der Waals surface area contributed by atoms with Crippen LogP contribution >= 0.6 is 0 Å². The number of furan rings is 1. The van der Waals surface area contributed by atoms with Crippen molar-refractivity contribution in [3.05, 3.63) is 47.9 Å². The van der Waals surface area contributed by atoms with Gasteiger partial charge in [0.15, 0.2) is 5.76 Å². The number of nitrogens with one attached hydrogen (secondary N) is 2. The Morgan fingerprint density at radius 1 is 1.24 bits per heavy atom. The fourth-order valence-electron chi connectivity index (χ4n) is 1.83. The van der Waals surface area contributed by atoms with E-state index >= 15 is 0 Å². The lowest BCUT2D eigenvalue weighted by Gasteiger charge is -2.10. The van der Waals surface area contributed by atoms with E-state index in [1.807, 2.05) is 6.92 Å². The number of hydrogen-bond acceptors (Lipinski definition) is 4. The number of rotatable bonds is 5. The van der Waals surface area contributed by atoms with Crippen molar-refractivity contribution in [3.63, 3.8) is 0 Å². The Morgan fingerprint density at radius 3 is 2.67 bits per heavy atom. The van der Waals surface area contributed by atoms with Gasteiger partial charge in [0.05, 0.1) is 6.26 Å². The molecule has 0 bridgehead atoms. The Kier molecular flexibility index (Phi) is 4.73. The highest BCUT2D eigenvalue weighted by Gasteiger charge is 2.10. The second-order valence-corrected chi connectivity index (χ2v) is 4.55. The third-order valence-corrected chi connectivity index (χ3v) is 2.87. The minimum atomic E-state index is -0.317. The van der Waals surface area contributed by atoms with E-state index < -0.39 is 0 Å². The summed E-state index contributed by atoms with van der Waals surface area (Å²) in [6.45, 7) is 2.15. The molecule has 110 valence electrons. The fourth-order valence-corrected chi connectivity index (χ4v) is 1.83. The van der Waals surface area contributed by atoms with Crippen molar-refractivity contribution in [1.82, 2.24) is 0 Å². The SMILES string of the molecule is Cc1cc(NC(=O)CCN)ccc1NC(=O)c1ccco1. The molecule has 0 radical (unpaired) electrons. The maximum Gasteiger partial charge on any atom is 0.291 e. The minimum absolute atomic E-state index is 0.135. The summed E-state index contributed by atoms with van der Waals surface area (Å²) in [6.07, 6.45) is 1.72. The van der Waals surface area contributed by atoms with Gasteiger partial charge >= 0.3 is 0 Å². The number of anilines is 2. The van der Waals surface area contributed by atoms with Gasteiger partial charge in [-0.15, -0.1) is 0 Å². The van der Waals surface area contributed by atoms with Gasteiger partial charge < -0.3 is 20.8 Å². The van der Waals surface area contributed by atoms with Crippen molar-refractivity contribution < 1.29 is 14.0 Å². The molecule has 1 heterocycles. The number of nitrogens with two attached hydrogens (primary N) is 1. The molecule has 6 heteroatoms. The molecule has 0 aliphatic rings. The third kappa shape index (κ3) is 3.93. The van der Waals surface area contributed by atoms with Gasteiger partial charge in [0.1, 0.15) is 0 Å². The van der Waals surface area contributed by atoms with Crippen LogP contribution in [0.3, 0.4) is 0 Å². The van der Waals surface area contributed by atoms with Gasteiger partial charge in [-0.1, -0.05) is 0 Å². The molecule has 0 unspecified atom stereocenters. The van der Waals surface area contributed by atoms with Gasteiger partial charge in [-0.3, -0.25) is 9.59 Å². The third-order valence-electron chi connectivity index (χ3n) is 2.87. The molecule has 0 aliphatic heterocycles. The first-order valence-corrected chi connectivity index (χ1v) is 6.55. The zero-order valence-electron chi connectivity index (χ0n) is 11.7. The van der Waals surface area contributed by atoms with Gasteiger partial charge in [0.25, 0.3) is 5.91 Å².